The van der Waals surface area contributed by atoms with Crippen molar-refractivity contribution in [1.29, 1.82) is 0 Å². The third-order valence-corrected chi connectivity index (χ3v) is 3.05. The lowest BCUT2D eigenvalue weighted by Crippen LogP contribution is -2.53. The molecule has 2 N–H and O–H groups in total. The number of carbonyl (C=O) groups is 1. The summed E-state index contributed by atoms with van der Waals surface area (Å²) in [4.78, 5) is 14.0. The van der Waals surface area contributed by atoms with Crippen LogP contribution in [-0.4, -0.2) is 42.6 Å². The lowest BCUT2D eigenvalue weighted by atomic mass is 9.90. The zero-order valence-electron chi connectivity index (χ0n) is 9.90. The number of hydrogen-bond acceptors (Lipinski definition) is 3. The number of carbonyl (C=O) groups excluding carboxylic acids is 1. The fraction of sp³-hybridized carbons (Fsp3) is 0.909. The van der Waals surface area contributed by atoms with Gasteiger partial charge in [-0.3, -0.25) is 4.79 Å². The summed E-state index contributed by atoms with van der Waals surface area (Å²) in [6, 6.07) is 0.633. The van der Waals surface area contributed by atoms with Gasteiger partial charge in [0, 0.05) is 25.7 Å². The number of rotatable bonds is 5. The second kappa shape index (κ2) is 5.47. The first kappa shape index (κ1) is 12.5. The summed E-state index contributed by atoms with van der Waals surface area (Å²) in [5, 5.41) is 0. The van der Waals surface area contributed by atoms with Gasteiger partial charge in [-0.1, -0.05) is 0 Å². The maximum Gasteiger partial charge on any atom is 0.253 e. The van der Waals surface area contributed by atoms with Gasteiger partial charge in [0.2, 0.25) is 0 Å². The standard InChI is InChI=1S/C11H22N2O2/c1-8(2)13(9-5-4-6-9)11(14)10(7-12)15-3/h8-10H,4-7,12H2,1-3H3. The van der Waals surface area contributed by atoms with Crippen molar-refractivity contribution in [2.45, 2.75) is 51.3 Å². The van der Waals surface area contributed by atoms with Crippen LogP contribution >= 0.6 is 0 Å². The van der Waals surface area contributed by atoms with Crippen molar-refractivity contribution in [2.24, 2.45) is 5.73 Å². The van der Waals surface area contributed by atoms with Crippen LogP contribution in [0.1, 0.15) is 33.1 Å². The van der Waals surface area contributed by atoms with Gasteiger partial charge in [0.1, 0.15) is 6.10 Å². The summed E-state index contributed by atoms with van der Waals surface area (Å²) in [5.41, 5.74) is 5.51. The molecule has 0 bridgehead atoms. The second-order valence-corrected chi connectivity index (χ2v) is 4.38. The van der Waals surface area contributed by atoms with E-state index in [1.165, 1.54) is 13.5 Å². The Hall–Kier alpha value is -0.610. The molecule has 88 valence electrons. The van der Waals surface area contributed by atoms with Crippen molar-refractivity contribution in [2.75, 3.05) is 13.7 Å². The monoisotopic (exact) mass is 214 g/mol. The van der Waals surface area contributed by atoms with Crippen LogP contribution in [0.15, 0.2) is 0 Å². The molecule has 1 aliphatic rings. The smallest absolute Gasteiger partial charge is 0.253 e. The Morgan fingerprint density at radius 3 is 2.40 bits per heavy atom. The minimum atomic E-state index is -0.479. The van der Waals surface area contributed by atoms with E-state index in [9.17, 15) is 4.79 Å². The van der Waals surface area contributed by atoms with Crippen LogP contribution in [0.3, 0.4) is 0 Å². The highest BCUT2D eigenvalue weighted by Gasteiger charge is 2.33. The highest BCUT2D eigenvalue weighted by Crippen LogP contribution is 2.27. The quantitative estimate of drug-likeness (QED) is 0.734. The van der Waals surface area contributed by atoms with E-state index in [0.29, 0.717) is 6.04 Å². The average Bonchev–Trinajstić information content (AvgIpc) is 2.12. The van der Waals surface area contributed by atoms with E-state index in [0.717, 1.165) is 12.8 Å². The van der Waals surface area contributed by atoms with Crippen LogP contribution in [0.25, 0.3) is 0 Å². The molecule has 0 spiro atoms. The van der Waals surface area contributed by atoms with E-state index in [1.54, 1.807) is 0 Å². The predicted molar refractivity (Wildman–Crippen MR) is 59.5 cm³/mol. The van der Waals surface area contributed by atoms with E-state index in [-0.39, 0.29) is 18.5 Å². The Morgan fingerprint density at radius 1 is 1.53 bits per heavy atom. The Balaban J connectivity index is 2.65. The molecule has 0 radical (unpaired) electrons. The summed E-state index contributed by atoms with van der Waals surface area (Å²) >= 11 is 0. The van der Waals surface area contributed by atoms with Crippen molar-refractivity contribution < 1.29 is 9.53 Å². The van der Waals surface area contributed by atoms with E-state index < -0.39 is 6.10 Å². The minimum absolute atomic E-state index is 0.0414. The van der Waals surface area contributed by atoms with Gasteiger partial charge in [-0.25, -0.2) is 0 Å². The van der Waals surface area contributed by atoms with Crippen LogP contribution in [0, 0.1) is 0 Å². The Kier molecular flexibility index (Phi) is 4.54. The van der Waals surface area contributed by atoms with E-state index >= 15 is 0 Å². The van der Waals surface area contributed by atoms with Crippen molar-refractivity contribution in [3.63, 3.8) is 0 Å². The van der Waals surface area contributed by atoms with Crippen LogP contribution in [0.4, 0.5) is 0 Å². The zero-order chi connectivity index (χ0) is 11.4. The summed E-state index contributed by atoms with van der Waals surface area (Å²) in [7, 11) is 1.54. The molecular weight excluding hydrogens is 192 g/mol. The molecule has 1 atom stereocenters. The number of methoxy groups -OCH3 is 1. The molecule has 4 nitrogen and oxygen atoms in total. The number of ether oxygens (including phenoxy) is 1. The average molecular weight is 214 g/mol. The first-order valence-electron chi connectivity index (χ1n) is 5.66. The predicted octanol–water partition coefficient (Wildman–Crippen LogP) is 0.750. The first-order chi connectivity index (χ1) is 7.11. The molecule has 0 aromatic carbocycles. The fourth-order valence-electron chi connectivity index (χ4n) is 1.99. The van der Waals surface area contributed by atoms with E-state index in [2.05, 4.69) is 0 Å². The van der Waals surface area contributed by atoms with Crippen LogP contribution in [0.5, 0.6) is 0 Å². The number of hydrogen-bond donors (Lipinski definition) is 1. The van der Waals surface area contributed by atoms with E-state index in [4.69, 9.17) is 10.5 Å². The molecule has 1 saturated carbocycles. The molecule has 1 aliphatic carbocycles. The second-order valence-electron chi connectivity index (χ2n) is 4.38. The molecule has 0 heterocycles. The number of amides is 1. The van der Waals surface area contributed by atoms with Gasteiger partial charge < -0.3 is 15.4 Å². The largest absolute Gasteiger partial charge is 0.370 e. The molecule has 0 aromatic heterocycles. The summed E-state index contributed by atoms with van der Waals surface area (Å²) in [6.45, 7) is 4.34. The van der Waals surface area contributed by atoms with Gasteiger partial charge in [-0.15, -0.1) is 0 Å². The Morgan fingerprint density at radius 2 is 2.13 bits per heavy atom. The maximum absolute atomic E-state index is 12.1. The molecule has 4 heteroatoms. The number of nitrogens with two attached hydrogens (primary N) is 1. The maximum atomic E-state index is 12.1. The fourth-order valence-corrected chi connectivity index (χ4v) is 1.99. The zero-order valence-corrected chi connectivity index (χ0v) is 9.90. The molecule has 0 aliphatic heterocycles. The van der Waals surface area contributed by atoms with Gasteiger partial charge in [0.25, 0.3) is 5.91 Å². The molecule has 0 aromatic rings. The van der Waals surface area contributed by atoms with Gasteiger partial charge in [0.05, 0.1) is 0 Å². The minimum Gasteiger partial charge on any atom is -0.370 e. The normalized spacial score (nSPS) is 18.7. The van der Waals surface area contributed by atoms with Crippen LogP contribution < -0.4 is 5.73 Å². The molecule has 1 rings (SSSR count). The molecule has 1 amide bonds. The first-order valence-corrected chi connectivity index (χ1v) is 5.66. The SMILES string of the molecule is COC(CN)C(=O)N(C(C)C)C1CCC1. The molecule has 1 unspecified atom stereocenters. The van der Waals surface area contributed by atoms with Gasteiger partial charge in [-0.2, -0.15) is 0 Å². The highest BCUT2D eigenvalue weighted by molar-refractivity contribution is 5.81. The third kappa shape index (κ3) is 2.69. The van der Waals surface area contributed by atoms with Gasteiger partial charge in [-0.05, 0) is 33.1 Å². The molecule has 1 fully saturated rings. The lowest BCUT2D eigenvalue weighted by Gasteiger charge is -2.41. The van der Waals surface area contributed by atoms with Crippen LogP contribution in [-0.2, 0) is 9.53 Å². The van der Waals surface area contributed by atoms with E-state index in [1.807, 2.05) is 18.7 Å². The molecule has 0 saturated heterocycles. The van der Waals surface area contributed by atoms with Crippen molar-refractivity contribution >= 4 is 5.91 Å². The van der Waals surface area contributed by atoms with Crippen molar-refractivity contribution in [3.8, 4) is 0 Å². The summed E-state index contributed by atoms with van der Waals surface area (Å²) < 4.78 is 5.09. The molecular formula is C11H22N2O2. The van der Waals surface area contributed by atoms with Crippen molar-refractivity contribution in [3.05, 3.63) is 0 Å². The summed E-state index contributed by atoms with van der Waals surface area (Å²) in [5.74, 6) is 0.0414. The van der Waals surface area contributed by atoms with Gasteiger partial charge in [0.15, 0.2) is 0 Å². The topological polar surface area (TPSA) is 55.6 Å². The summed E-state index contributed by atoms with van der Waals surface area (Å²) in [6.07, 6.45) is 2.98. The molecule has 15 heavy (non-hydrogen) atoms. The van der Waals surface area contributed by atoms with Crippen molar-refractivity contribution in [1.82, 2.24) is 4.90 Å². The van der Waals surface area contributed by atoms with Gasteiger partial charge >= 0.3 is 0 Å². The highest BCUT2D eigenvalue weighted by atomic mass is 16.5. The third-order valence-electron chi connectivity index (χ3n) is 3.05. The lowest BCUT2D eigenvalue weighted by molar-refractivity contribution is -0.147. The Bertz CT molecular complexity index is 211. The number of nitrogens with zero attached hydrogens (tertiary/aromatic N) is 1. The van der Waals surface area contributed by atoms with Crippen LogP contribution in [0.2, 0.25) is 0 Å². The Labute approximate surface area is 91.8 Å².